The summed E-state index contributed by atoms with van der Waals surface area (Å²) in [4.78, 5) is 10.4. The number of hydrogen-bond donors (Lipinski definition) is 2. The molecular weight excluding hydrogens is 342 g/mol. The van der Waals surface area contributed by atoms with E-state index in [4.69, 9.17) is 9.52 Å². The van der Waals surface area contributed by atoms with Crippen LogP contribution in [-0.2, 0) is 10.0 Å². The Balaban J connectivity index is 3.17. The maximum Gasteiger partial charge on any atom is 0.371 e. The molecule has 1 aromatic rings. The van der Waals surface area contributed by atoms with Crippen LogP contribution in [0.25, 0.3) is 0 Å². The molecule has 0 saturated carbocycles. The summed E-state index contributed by atoms with van der Waals surface area (Å²) < 4.78 is 29.9. The van der Waals surface area contributed by atoms with E-state index in [1.807, 2.05) is 0 Å². The molecule has 2 N–H and O–H groups in total. The maximum absolute atomic E-state index is 12.2. The summed E-state index contributed by atoms with van der Waals surface area (Å²) in [5, 5.41) is 18.4. The molecule has 0 aliphatic heterocycles. The molecule has 0 saturated heterocycles. The minimum atomic E-state index is -3.95. The van der Waals surface area contributed by atoms with E-state index < -0.39 is 27.4 Å². The lowest BCUT2D eigenvalue weighted by molar-refractivity contribution is 0.0638. The average molecular weight is 356 g/mol. The van der Waals surface area contributed by atoms with Crippen molar-refractivity contribution in [3.8, 4) is 0 Å². The molecule has 1 aromatic heterocycles. The fourth-order valence-corrected chi connectivity index (χ4v) is 3.66. The predicted octanol–water partition coefficient (Wildman–Crippen LogP) is 1.13. The number of aromatic carboxylic acids is 1. The van der Waals surface area contributed by atoms with Crippen LogP contribution in [0.2, 0.25) is 0 Å². The minimum Gasteiger partial charge on any atom is -0.475 e. The van der Waals surface area contributed by atoms with Crippen molar-refractivity contribution < 1.29 is 27.8 Å². The van der Waals surface area contributed by atoms with E-state index in [1.54, 1.807) is 0 Å². The molecule has 0 aromatic carbocycles. The average Bonchev–Trinajstić information content (AvgIpc) is 2.58. The first-order valence-corrected chi connectivity index (χ1v) is 7.40. The minimum absolute atomic E-state index is 0.143. The van der Waals surface area contributed by atoms with Crippen LogP contribution >= 0.6 is 15.9 Å². The molecule has 1 heterocycles. The van der Waals surface area contributed by atoms with Gasteiger partial charge in [-0.25, -0.2) is 13.2 Å². The van der Waals surface area contributed by atoms with Crippen molar-refractivity contribution in [3.63, 3.8) is 0 Å². The van der Waals surface area contributed by atoms with Gasteiger partial charge in [0.05, 0.1) is 5.60 Å². The molecule has 0 fully saturated rings. The van der Waals surface area contributed by atoms with E-state index in [0.29, 0.717) is 0 Å². The van der Waals surface area contributed by atoms with Gasteiger partial charge in [-0.2, -0.15) is 4.31 Å². The third-order valence-electron chi connectivity index (χ3n) is 2.16. The number of carboxylic acids is 1. The van der Waals surface area contributed by atoms with E-state index in [9.17, 15) is 18.3 Å². The van der Waals surface area contributed by atoms with E-state index >= 15 is 0 Å². The van der Waals surface area contributed by atoms with Crippen molar-refractivity contribution in [3.05, 3.63) is 16.5 Å². The van der Waals surface area contributed by atoms with Crippen molar-refractivity contribution in [2.45, 2.75) is 24.3 Å². The highest BCUT2D eigenvalue weighted by Gasteiger charge is 2.31. The largest absolute Gasteiger partial charge is 0.475 e. The predicted molar refractivity (Wildman–Crippen MR) is 69.5 cm³/mol. The topological polar surface area (TPSA) is 108 Å². The summed E-state index contributed by atoms with van der Waals surface area (Å²) in [5.41, 5.74) is -1.21. The van der Waals surface area contributed by atoms with Crippen LogP contribution in [0.3, 0.4) is 0 Å². The van der Waals surface area contributed by atoms with E-state index in [2.05, 4.69) is 15.9 Å². The highest BCUT2D eigenvalue weighted by Crippen LogP contribution is 2.28. The summed E-state index contributed by atoms with van der Waals surface area (Å²) in [5.74, 6) is -1.85. The Kier molecular flexibility index (Phi) is 4.45. The van der Waals surface area contributed by atoms with Crippen molar-refractivity contribution in [1.29, 1.82) is 0 Å². The second kappa shape index (κ2) is 5.23. The molecule has 0 spiro atoms. The highest BCUT2D eigenvalue weighted by molar-refractivity contribution is 9.10. The number of likely N-dealkylation sites (N-methyl/N-ethyl adjacent to an activating group) is 1. The molecule has 0 aliphatic rings. The van der Waals surface area contributed by atoms with Gasteiger partial charge in [0, 0.05) is 19.7 Å². The molecule has 0 aliphatic carbocycles. The zero-order valence-electron chi connectivity index (χ0n) is 10.5. The number of hydrogen-bond acceptors (Lipinski definition) is 5. The van der Waals surface area contributed by atoms with Gasteiger partial charge in [0.2, 0.25) is 15.8 Å². The van der Waals surface area contributed by atoms with Crippen molar-refractivity contribution in [2.75, 3.05) is 13.6 Å². The molecule has 0 unspecified atom stereocenters. The van der Waals surface area contributed by atoms with Crippen LogP contribution in [-0.4, -0.2) is 48.1 Å². The lowest BCUT2D eigenvalue weighted by atomic mass is 10.1. The van der Waals surface area contributed by atoms with E-state index in [-0.39, 0.29) is 16.1 Å². The lowest BCUT2D eigenvalue weighted by Crippen LogP contribution is -2.39. The third-order valence-corrected chi connectivity index (χ3v) is 4.82. The smallest absolute Gasteiger partial charge is 0.371 e. The van der Waals surface area contributed by atoms with Crippen LogP contribution in [0, 0.1) is 0 Å². The molecule has 0 radical (unpaired) electrons. The number of aliphatic hydroxyl groups is 1. The van der Waals surface area contributed by atoms with Crippen molar-refractivity contribution in [2.24, 2.45) is 0 Å². The lowest BCUT2D eigenvalue weighted by Gasteiger charge is -2.24. The van der Waals surface area contributed by atoms with Gasteiger partial charge in [-0.1, -0.05) is 0 Å². The van der Waals surface area contributed by atoms with Gasteiger partial charge in [0.15, 0.2) is 4.67 Å². The van der Waals surface area contributed by atoms with Gasteiger partial charge >= 0.3 is 5.97 Å². The Morgan fingerprint density at radius 2 is 2.05 bits per heavy atom. The third kappa shape index (κ3) is 3.78. The van der Waals surface area contributed by atoms with Gasteiger partial charge in [-0.3, -0.25) is 0 Å². The molecule has 7 nitrogen and oxygen atoms in total. The number of furan rings is 1. The number of nitrogens with zero attached hydrogens (tertiary/aromatic N) is 1. The SMILES string of the molecule is CN(CC(C)(C)O)S(=O)(=O)c1cc(C(=O)O)oc1Br. The molecule has 0 atom stereocenters. The Bertz CT molecular complexity index is 586. The molecule has 1 rings (SSSR count). The number of halogens is 1. The fourth-order valence-electron chi connectivity index (χ4n) is 1.43. The summed E-state index contributed by atoms with van der Waals surface area (Å²) in [6.07, 6.45) is 0. The van der Waals surface area contributed by atoms with Gasteiger partial charge in [0.1, 0.15) is 4.90 Å². The number of rotatable bonds is 5. The van der Waals surface area contributed by atoms with Gasteiger partial charge in [-0.05, 0) is 29.8 Å². The monoisotopic (exact) mass is 355 g/mol. The maximum atomic E-state index is 12.2. The van der Waals surface area contributed by atoms with Gasteiger partial charge < -0.3 is 14.6 Å². The molecule has 0 amide bonds. The zero-order valence-corrected chi connectivity index (χ0v) is 12.9. The molecule has 19 heavy (non-hydrogen) atoms. The summed E-state index contributed by atoms with van der Waals surface area (Å²) in [7, 11) is -2.66. The van der Waals surface area contributed by atoms with Crippen LogP contribution in [0.1, 0.15) is 24.4 Å². The molecule has 108 valence electrons. The molecular formula is C10H14BrNO6S. The molecule has 0 bridgehead atoms. The summed E-state index contributed by atoms with van der Waals surface area (Å²) in [6, 6.07) is 0.919. The second-order valence-corrected chi connectivity index (χ2v) is 7.36. The zero-order chi connectivity index (χ0) is 15.0. The summed E-state index contributed by atoms with van der Waals surface area (Å²) in [6.45, 7) is 2.79. The fraction of sp³-hybridized carbons (Fsp3) is 0.500. The molecule has 9 heteroatoms. The summed E-state index contributed by atoms with van der Waals surface area (Å²) >= 11 is 2.87. The standard InChI is InChI=1S/C10H14BrNO6S/c1-10(2,15)5-12(3)19(16,17)7-4-6(9(13)14)18-8(7)11/h4,15H,5H2,1-3H3,(H,13,14). The Labute approximate surface area is 119 Å². The van der Waals surface area contributed by atoms with E-state index in [0.717, 1.165) is 10.4 Å². The van der Waals surface area contributed by atoms with Crippen molar-refractivity contribution in [1.82, 2.24) is 4.31 Å². The highest BCUT2D eigenvalue weighted by atomic mass is 79.9. The Hall–Kier alpha value is -0.900. The van der Waals surface area contributed by atoms with Crippen LogP contribution in [0.4, 0.5) is 0 Å². The van der Waals surface area contributed by atoms with Gasteiger partial charge in [-0.15, -0.1) is 0 Å². The van der Waals surface area contributed by atoms with Crippen molar-refractivity contribution >= 4 is 31.9 Å². The normalized spacial score (nSPS) is 12.9. The van der Waals surface area contributed by atoms with Gasteiger partial charge in [0.25, 0.3) is 0 Å². The van der Waals surface area contributed by atoms with E-state index in [1.165, 1.54) is 20.9 Å². The Morgan fingerprint density at radius 3 is 2.42 bits per heavy atom. The van der Waals surface area contributed by atoms with Crippen LogP contribution in [0.15, 0.2) is 20.0 Å². The Morgan fingerprint density at radius 1 is 1.53 bits per heavy atom. The second-order valence-electron chi connectivity index (χ2n) is 4.63. The quantitative estimate of drug-likeness (QED) is 0.819. The van der Waals surface area contributed by atoms with Crippen LogP contribution < -0.4 is 0 Å². The first-order valence-electron chi connectivity index (χ1n) is 5.16. The number of carboxylic acid groups (broad SMARTS) is 1. The number of sulfonamides is 1. The van der Waals surface area contributed by atoms with Crippen LogP contribution in [0.5, 0.6) is 0 Å². The first-order chi connectivity index (χ1) is 8.45. The number of carbonyl (C=O) groups is 1. The first kappa shape index (κ1) is 16.2.